The van der Waals surface area contributed by atoms with Crippen molar-refractivity contribution in [1.29, 1.82) is 0 Å². The lowest BCUT2D eigenvalue weighted by molar-refractivity contribution is -0.188. The fraction of sp³-hybridized carbons (Fsp3) is 0.667. The molecule has 0 saturated carbocycles. The molecule has 7 nitrogen and oxygen atoms in total. The van der Waals surface area contributed by atoms with Crippen LogP contribution in [-0.4, -0.2) is 40.4 Å². The molecule has 1 heterocycles. The van der Waals surface area contributed by atoms with Gasteiger partial charge in [0.05, 0.1) is 0 Å². The van der Waals surface area contributed by atoms with E-state index in [4.69, 9.17) is 10.2 Å². The van der Waals surface area contributed by atoms with E-state index in [0.717, 1.165) is 5.06 Å². The Morgan fingerprint density at radius 1 is 1.31 bits per heavy atom. The van der Waals surface area contributed by atoms with Gasteiger partial charge in [0.25, 0.3) is 0 Å². The van der Waals surface area contributed by atoms with E-state index in [1.807, 2.05) is 0 Å². The Bertz CT molecular complexity index is 195. The van der Waals surface area contributed by atoms with Crippen molar-refractivity contribution >= 4 is 12.3 Å². The molecule has 1 saturated heterocycles. The molecule has 7 heteroatoms. The zero-order valence-electron chi connectivity index (χ0n) is 6.67. The summed E-state index contributed by atoms with van der Waals surface area (Å²) in [6.45, 7) is 0.351. The Kier molecular flexibility index (Phi) is 2.91. The van der Waals surface area contributed by atoms with Gasteiger partial charge in [-0.05, 0) is 6.42 Å². The molecule has 0 aromatic heterocycles. The maximum atomic E-state index is 10.1. The van der Waals surface area contributed by atoms with Gasteiger partial charge in [-0.25, -0.2) is 9.59 Å². The van der Waals surface area contributed by atoms with Crippen LogP contribution in [0.3, 0.4) is 0 Å². The van der Waals surface area contributed by atoms with Gasteiger partial charge in [-0.15, -0.1) is 0 Å². The normalized spacial score (nSPS) is 22.6. The Hall–Kier alpha value is -1.50. The fourth-order valence-corrected chi connectivity index (χ4v) is 1.15. The third-order valence-electron chi connectivity index (χ3n) is 1.58. The number of carbonyl (C=O) groups is 2. The van der Waals surface area contributed by atoms with E-state index in [-0.39, 0.29) is 0 Å². The highest BCUT2D eigenvalue weighted by Gasteiger charge is 2.31. The lowest BCUT2D eigenvalue weighted by Gasteiger charge is -2.19. The molecule has 0 bridgehead atoms. The minimum absolute atomic E-state index is 0.351. The van der Waals surface area contributed by atoms with Crippen molar-refractivity contribution in [2.24, 2.45) is 0 Å². The van der Waals surface area contributed by atoms with Gasteiger partial charge in [0.15, 0.2) is 6.23 Å². The van der Waals surface area contributed by atoms with E-state index < -0.39 is 18.5 Å². The number of hydroxylamine groups is 2. The van der Waals surface area contributed by atoms with Crippen LogP contribution < -0.4 is 0 Å². The number of rotatable bonds is 2. The molecule has 1 unspecified atom stereocenters. The third-order valence-corrected chi connectivity index (χ3v) is 1.58. The van der Waals surface area contributed by atoms with Crippen molar-refractivity contribution in [3.05, 3.63) is 0 Å². The molecule has 13 heavy (non-hydrogen) atoms. The topological polar surface area (TPSA) is 96.3 Å². The summed E-state index contributed by atoms with van der Waals surface area (Å²) in [6, 6.07) is 0. The second kappa shape index (κ2) is 3.94. The first-order valence-electron chi connectivity index (χ1n) is 3.66. The van der Waals surface area contributed by atoms with Crippen LogP contribution in [0.25, 0.3) is 0 Å². The molecule has 1 fully saturated rings. The summed E-state index contributed by atoms with van der Waals surface area (Å²) in [5, 5.41) is 17.5. The molecule has 0 radical (unpaired) electrons. The standard InChI is InChI=1S/C6H9NO6/c8-5(9)12-4-2-1-3-7(4)13-6(10)11/h4H,1-3H2,(H,8,9)(H,10,11). The van der Waals surface area contributed by atoms with Crippen molar-refractivity contribution in [3.63, 3.8) is 0 Å². The minimum Gasteiger partial charge on any atom is -0.450 e. The molecule has 0 aromatic rings. The van der Waals surface area contributed by atoms with Gasteiger partial charge in [-0.3, -0.25) is 0 Å². The average molecular weight is 191 g/mol. The second-order valence-electron chi connectivity index (χ2n) is 2.48. The highest BCUT2D eigenvalue weighted by Crippen LogP contribution is 2.18. The summed E-state index contributed by atoms with van der Waals surface area (Å²) in [5.41, 5.74) is 0. The molecule has 1 aliphatic heterocycles. The van der Waals surface area contributed by atoms with Gasteiger partial charge in [0, 0.05) is 13.0 Å². The molecule has 0 aromatic carbocycles. The van der Waals surface area contributed by atoms with Crippen molar-refractivity contribution in [3.8, 4) is 0 Å². The number of ether oxygens (including phenoxy) is 1. The number of nitrogens with zero attached hydrogens (tertiary/aromatic N) is 1. The first-order valence-corrected chi connectivity index (χ1v) is 3.66. The van der Waals surface area contributed by atoms with Crippen LogP contribution in [0.1, 0.15) is 12.8 Å². The molecule has 0 spiro atoms. The van der Waals surface area contributed by atoms with Crippen LogP contribution >= 0.6 is 0 Å². The molecular formula is C6H9NO6. The molecule has 1 rings (SSSR count). The summed E-state index contributed by atoms with van der Waals surface area (Å²) in [6.07, 6.45) is -2.63. The lowest BCUT2D eigenvalue weighted by Crippen LogP contribution is -2.34. The molecular weight excluding hydrogens is 182 g/mol. The van der Waals surface area contributed by atoms with Crippen LogP contribution in [0.4, 0.5) is 9.59 Å². The van der Waals surface area contributed by atoms with Crippen molar-refractivity contribution in [2.75, 3.05) is 6.54 Å². The maximum absolute atomic E-state index is 10.1. The summed E-state index contributed by atoms with van der Waals surface area (Å²) in [4.78, 5) is 24.5. The van der Waals surface area contributed by atoms with Crippen LogP contribution in [0.2, 0.25) is 0 Å². The molecule has 2 N–H and O–H groups in total. The zero-order chi connectivity index (χ0) is 9.84. The first kappa shape index (κ1) is 9.59. The van der Waals surface area contributed by atoms with Crippen LogP contribution in [0, 0.1) is 0 Å². The van der Waals surface area contributed by atoms with E-state index in [9.17, 15) is 9.59 Å². The third kappa shape index (κ3) is 2.79. The average Bonchev–Trinajstić information content (AvgIpc) is 2.34. The first-order chi connectivity index (χ1) is 6.09. The van der Waals surface area contributed by atoms with E-state index in [2.05, 4.69) is 9.57 Å². The van der Waals surface area contributed by atoms with Gasteiger partial charge in [-0.1, -0.05) is 5.06 Å². The number of hydrogen-bond acceptors (Lipinski definition) is 5. The highest BCUT2D eigenvalue weighted by atomic mass is 16.8. The predicted octanol–water partition coefficient (Wildman–Crippen LogP) is 0.713. The van der Waals surface area contributed by atoms with Crippen LogP contribution in [-0.2, 0) is 9.57 Å². The Morgan fingerprint density at radius 3 is 2.54 bits per heavy atom. The van der Waals surface area contributed by atoms with E-state index in [0.29, 0.717) is 19.4 Å². The second-order valence-corrected chi connectivity index (χ2v) is 2.48. The van der Waals surface area contributed by atoms with E-state index >= 15 is 0 Å². The Morgan fingerprint density at radius 2 is 2.00 bits per heavy atom. The summed E-state index contributed by atoms with van der Waals surface area (Å²) in [5.74, 6) is 0. The molecule has 1 atom stereocenters. The molecule has 0 amide bonds. The van der Waals surface area contributed by atoms with Crippen LogP contribution in [0.5, 0.6) is 0 Å². The Labute approximate surface area is 73.4 Å². The fourth-order valence-electron chi connectivity index (χ4n) is 1.15. The Balaban J connectivity index is 2.43. The molecule has 74 valence electrons. The van der Waals surface area contributed by atoms with Gasteiger partial charge in [-0.2, -0.15) is 0 Å². The monoisotopic (exact) mass is 191 g/mol. The largest absolute Gasteiger partial charge is 0.525 e. The SMILES string of the molecule is O=C(O)OC1CCCN1OC(=O)O. The highest BCUT2D eigenvalue weighted by molar-refractivity contribution is 5.57. The van der Waals surface area contributed by atoms with Gasteiger partial charge in [0.2, 0.25) is 0 Å². The van der Waals surface area contributed by atoms with E-state index in [1.54, 1.807) is 0 Å². The van der Waals surface area contributed by atoms with Crippen molar-refractivity contribution in [2.45, 2.75) is 19.1 Å². The maximum Gasteiger partial charge on any atom is 0.525 e. The van der Waals surface area contributed by atoms with Gasteiger partial charge >= 0.3 is 12.3 Å². The quantitative estimate of drug-likeness (QED) is 0.620. The summed E-state index contributed by atoms with van der Waals surface area (Å²) < 4.78 is 4.38. The molecule has 1 aliphatic rings. The lowest BCUT2D eigenvalue weighted by atomic mass is 10.4. The van der Waals surface area contributed by atoms with Gasteiger partial charge in [0.1, 0.15) is 0 Å². The van der Waals surface area contributed by atoms with Crippen LogP contribution in [0.15, 0.2) is 0 Å². The van der Waals surface area contributed by atoms with Crippen molar-refractivity contribution in [1.82, 2.24) is 5.06 Å². The number of hydrogen-bond donors (Lipinski definition) is 2. The smallest absolute Gasteiger partial charge is 0.450 e. The predicted molar refractivity (Wildman–Crippen MR) is 37.9 cm³/mol. The molecule has 0 aliphatic carbocycles. The zero-order valence-corrected chi connectivity index (χ0v) is 6.67. The summed E-state index contributed by atoms with van der Waals surface area (Å²) in [7, 11) is 0. The minimum atomic E-state index is -1.47. The van der Waals surface area contributed by atoms with Gasteiger partial charge < -0.3 is 19.8 Å². The summed E-state index contributed by atoms with van der Waals surface area (Å²) >= 11 is 0. The van der Waals surface area contributed by atoms with Crippen molar-refractivity contribution < 1.29 is 29.4 Å². The van der Waals surface area contributed by atoms with E-state index in [1.165, 1.54) is 0 Å². The number of carboxylic acid groups (broad SMARTS) is 2.